The Kier molecular flexibility index (Phi) is 6.64. The van der Waals surface area contributed by atoms with Crippen LogP contribution in [0, 0.1) is 0 Å². The summed E-state index contributed by atoms with van der Waals surface area (Å²) in [5, 5.41) is 6.06. The predicted molar refractivity (Wildman–Crippen MR) is 87.4 cm³/mol. The Bertz CT molecular complexity index is 566. The molecule has 1 unspecified atom stereocenters. The highest BCUT2D eigenvalue weighted by atomic mass is 32.1. The quantitative estimate of drug-likeness (QED) is 0.722. The van der Waals surface area contributed by atoms with E-state index < -0.39 is 6.10 Å². The molecule has 1 atom stereocenters. The maximum absolute atomic E-state index is 12.0. The highest BCUT2D eigenvalue weighted by Gasteiger charge is 2.14. The molecule has 0 aliphatic carbocycles. The van der Waals surface area contributed by atoms with Crippen molar-refractivity contribution in [2.45, 2.75) is 26.5 Å². The van der Waals surface area contributed by atoms with Crippen LogP contribution in [0.2, 0.25) is 0 Å². The van der Waals surface area contributed by atoms with E-state index in [4.69, 9.17) is 9.47 Å². The minimum Gasteiger partial charge on any atom is -0.379 e. The van der Waals surface area contributed by atoms with Gasteiger partial charge < -0.3 is 19.4 Å². The minimum absolute atomic E-state index is 0.110. The number of nitrogens with zero attached hydrogens (tertiary/aromatic N) is 1. The monoisotopic (exact) mass is 322 g/mol. The van der Waals surface area contributed by atoms with Crippen molar-refractivity contribution in [1.82, 2.24) is 9.88 Å². The number of thiophene rings is 1. The molecule has 0 radical (unpaired) electrons. The summed E-state index contributed by atoms with van der Waals surface area (Å²) in [7, 11) is 0. The number of carbonyl (C=O) groups is 1. The van der Waals surface area contributed by atoms with E-state index in [-0.39, 0.29) is 5.91 Å². The molecule has 1 amide bonds. The number of aromatic nitrogens is 1. The van der Waals surface area contributed by atoms with Crippen molar-refractivity contribution in [2.24, 2.45) is 0 Å². The first-order valence-electron chi connectivity index (χ1n) is 7.39. The van der Waals surface area contributed by atoms with Crippen LogP contribution in [0.15, 0.2) is 36.0 Å². The largest absolute Gasteiger partial charge is 0.379 e. The molecule has 2 aromatic heterocycles. The zero-order valence-electron chi connectivity index (χ0n) is 13.0. The number of amides is 1. The lowest BCUT2D eigenvalue weighted by molar-refractivity contribution is -0.132. The van der Waals surface area contributed by atoms with Crippen molar-refractivity contribution in [3.05, 3.63) is 41.5 Å². The van der Waals surface area contributed by atoms with E-state index in [1.807, 2.05) is 47.5 Å². The molecule has 22 heavy (non-hydrogen) atoms. The average molecular weight is 322 g/mol. The van der Waals surface area contributed by atoms with Gasteiger partial charge in [0.25, 0.3) is 0 Å². The topological polar surface area (TPSA) is 52.5 Å². The van der Waals surface area contributed by atoms with Gasteiger partial charge in [0.15, 0.2) is 0 Å². The van der Waals surface area contributed by atoms with Gasteiger partial charge in [0.05, 0.1) is 13.2 Å². The molecule has 2 aromatic rings. The summed E-state index contributed by atoms with van der Waals surface area (Å²) in [6, 6.07) is 5.99. The number of rotatable bonds is 9. The third-order valence-corrected chi connectivity index (χ3v) is 4.15. The lowest BCUT2D eigenvalue weighted by atomic mass is 10.3. The first kappa shape index (κ1) is 16.7. The Morgan fingerprint density at radius 2 is 2.14 bits per heavy atom. The first-order chi connectivity index (χ1) is 10.7. The number of hydrogen-bond acceptors (Lipinski definition) is 4. The molecule has 120 valence electrons. The highest BCUT2D eigenvalue weighted by molar-refractivity contribution is 7.12. The van der Waals surface area contributed by atoms with E-state index in [0.29, 0.717) is 26.4 Å². The second-order valence-electron chi connectivity index (χ2n) is 4.77. The molecule has 1 N–H and O–H groups in total. The fourth-order valence-electron chi connectivity index (χ4n) is 1.99. The highest BCUT2D eigenvalue weighted by Crippen LogP contribution is 2.21. The van der Waals surface area contributed by atoms with Gasteiger partial charge in [0.1, 0.15) is 11.1 Å². The van der Waals surface area contributed by atoms with Crippen LogP contribution in [0.5, 0.6) is 0 Å². The molecule has 6 heteroatoms. The van der Waals surface area contributed by atoms with Crippen molar-refractivity contribution < 1.29 is 14.3 Å². The summed E-state index contributed by atoms with van der Waals surface area (Å²) in [4.78, 5) is 12.0. The van der Waals surface area contributed by atoms with Crippen LogP contribution in [0.3, 0.4) is 0 Å². The van der Waals surface area contributed by atoms with Crippen molar-refractivity contribution in [3.63, 3.8) is 0 Å². The summed E-state index contributed by atoms with van der Waals surface area (Å²) >= 11 is 1.65. The van der Waals surface area contributed by atoms with Crippen molar-refractivity contribution in [3.8, 4) is 5.00 Å². The second kappa shape index (κ2) is 8.73. The summed E-state index contributed by atoms with van der Waals surface area (Å²) < 4.78 is 12.7. The molecule has 0 saturated heterocycles. The standard InChI is InChI=1S/C16H22N2O3S/c1-3-20-9-10-21-13(2)15(19)17-12-14-6-11-22-16(14)18-7-4-5-8-18/h4-8,11,13H,3,9-10,12H2,1-2H3,(H,17,19). The van der Waals surface area contributed by atoms with Crippen molar-refractivity contribution in [1.29, 1.82) is 0 Å². The van der Waals surface area contributed by atoms with E-state index >= 15 is 0 Å². The van der Waals surface area contributed by atoms with Gasteiger partial charge in [-0.3, -0.25) is 4.79 Å². The molecule has 0 spiro atoms. The number of ether oxygens (including phenoxy) is 2. The number of nitrogens with one attached hydrogen (secondary N) is 1. The molecule has 0 aliphatic rings. The smallest absolute Gasteiger partial charge is 0.249 e. The number of hydrogen-bond donors (Lipinski definition) is 1. The molecular weight excluding hydrogens is 300 g/mol. The third kappa shape index (κ3) is 4.69. The molecule has 2 rings (SSSR count). The van der Waals surface area contributed by atoms with Crippen LogP contribution in [-0.4, -0.2) is 36.4 Å². The Balaban J connectivity index is 1.80. The molecule has 0 saturated carbocycles. The van der Waals surface area contributed by atoms with Gasteiger partial charge in [-0.2, -0.15) is 0 Å². The van der Waals surface area contributed by atoms with Gasteiger partial charge >= 0.3 is 0 Å². The Morgan fingerprint density at radius 3 is 2.86 bits per heavy atom. The van der Waals surface area contributed by atoms with E-state index in [0.717, 1.165) is 10.6 Å². The molecule has 2 heterocycles. The first-order valence-corrected chi connectivity index (χ1v) is 8.27. The lowest BCUT2D eigenvalue weighted by Crippen LogP contribution is -2.34. The van der Waals surface area contributed by atoms with Crippen LogP contribution >= 0.6 is 11.3 Å². The molecule has 0 fully saturated rings. The molecular formula is C16H22N2O3S. The Morgan fingerprint density at radius 1 is 1.36 bits per heavy atom. The van der Waals surface area contributed by atoms with E-state index in [9.17, 15) is 4.79 Å². The zero-order valence-corrected chi connectivity index (χ0v) is 13.8. The van der Waals surface area contributed by atoms with E-state index in [2.05, 4.69) is 5.32 Å². The number of carbonyl (C=O) groups excluding carboxylic acids is 1. The summed E-state index contributed by atoms with van der Waals surface area (Å²) in [6.45, 7) is 5.77. The van der Waals surface area contributed by atoms with Crippen LogP contribution in [-0.2, 0) is 20.8 Å². The molecule has 0 aliphatic heterocycles. The predicted octanol–water partition coefficient (Wildman–Crippen LogP) is 2.60. The summed E-state index contributed by atoms with van der Waals surface area (Å²) in [5.74, 6) is -0.110. The maximum Gasteiger partial charge on any atom is 0.249 e. The van der Waals surface area contributed by atoms with Crippen LogP contribution in [0.1, 0.15) is 19.4 Å². The normalized spacial score (nSPS) is 12.3. The second-order valence-corrected chi connectivity index (χ2v) is 5.66. The van der Waals surface area contributed by atoms with Crippen LogP contribution in [0.4, 0.5) is 0 Å². The van der Waals surface area contributed by atoms with E-state index in [1.54, 1.807) is 18.3 Å². The summed E-state index contributed by atoms with van der Waals surface area (Å²) in [6.07, 6.45) is 3.52. The van der Waals surface area contributed by atoms with E-state index in [1.165, 1.54) is 0 Å². The Labute approximate surface area is 134 Å². The Hall–Kier alpha value is -1.63. The van der Waals surface area contributed by atoms with Crippen molar-refractivity contribution >= 4 is 17.2 Å². The van der Waals surface area contributed by atoms with Gasteiger partial charge in [0, 0.05) is 31.1 Å². The van der Waals surface area contributed by atoms with Gasteiger partial charge in [-0.05, 0) is 37.4 Å². The zero-order chi connectivity index (χ0) is 15.8. The lowest BCUT2D eigenvalue weighted by Gasteiger charge is -2.13. The maximum atomic E-state index is 12.0. The molecule has 5 nitrogen and oxygen atoms in total. The SMILES string of the molecule is CCOCCOC(C)C(=O)NCc1ccsc1-n1cccc1. The average Bonchev–Trinajstić information content (AvgIpc) is 3.19. The fraction of sp³-hybridized carbons (Fsp3) is 0.438. The van der Waals surface area contributed by atoms with Crippen LogP contribution < -0.4 is 5.32 Å². The third-order valence-electron chi connectivity index (χ3n) is 3.18. The van der Waals surface area contributed by atoms with Gasteiger partial charge in [-0.25, -0.2) is 0 Å². The van der Waals surface area contributed by atoms with Gasteiger partial charge in [0.2, 0.25) is 5.91 Å². The minimum atomic E-state index is -0.478. The summed E-state index contributed by atoms with van der Waals surface area (Å²) in [5.41, 5.74) is 1.09. The van der Waals surface area contributed by atoms with Gasteiger partial charge in [-0.1, -0.05) is 0 Å². The molecule has 0 bridgehead atoms. The fourth-order valence-corrected chi connectivity index (χ4v) is 2.88. The molecule has 0 aromatic carbocycles. The van der Waals surface area contributed by atoms with Gasteiger partial charge in [-0.15, -0.1) is 11.3 Å². The van der Waals surface area contributed by atoms with Crippen molar-refractivity contribution in [2.75, 3.05) is 19.8 Å². The van der Waals surface area contributed by atoms with Crippen LogP contribution in [0.25, 0.3) is 5.00 Å².